The van der Waals surface area contributed by atoms with Gasteiger partial charge in [0.1, 0.15) is 18.3 Å². The smallest absolute Gasteiger partial charge is 0.221 e. The number of amides is 1. The molecule has 3 unspecified atom stereocenters. The van der Waals surface area contributed by atoms with E-state index in [4.69, 9.17) is 31.1 Å². The topological polar surface area (TPSA) is 132 Å². The number of aryl methyl sites for hydroxylation is 2. The van der Waals surface area contributed by atoms with Gasteiger partial charge >= 0.3 is 0 Å². The second-order valence-corrected chi connectivity index (χ2v) is 14.2. The molecule has 3 saturated heterocycles. The summed E-state index contributed by atoms with van der Waals surface area (Å²) in [6.45, 7) is 13.6. The Morgan fingerprint density at radius 3 is 2.29 bits per heavy atom. The van der Waals surface area contributed by atoms with E-state index in [9.17, 15) is 4.79 Å². The first kappa shape index (κ1) is 40.3. The minimum Gasteiger partial charge on any atom is -0.378 e. The Hall–Kier alpha value is -2.93. The number of benzene rings is 1. The normalized spacial score (nSPS) is 21.4. The number of fused-ring (bicyclic) bond motifs is 2. The number of carbonyl (C=O) groups is 1. The van der Waals surface area contributed by atoms with E-state index in [0.29, 0.717) is 83.9 Å². The highest BCUT2D eigenvalue weighted by molar-refractivity contribution is 5.76. The number of terminal acetylenes is 1. The summed E-state index contributed by atoms with van der Waals surface area (Å²) in [5.41, 5.74) is 7.77. The molecule has 0 saturated carbocycles. The van der Waals surface area contributed by atoms with Crippen LogP contribution in [-0.2, 0) is 30.2 Å². The number of aromatic nitrogens is 3. The first-order valence-corrected chi connectivity index (χ1v) is 19.5. The predicted molar refractivity (Wildman–Crippen MR) is 201 cm³/mol. The molecule has 52 heavy (non-hydrogen) atoms. The van der Waals surface area contributed by atoms with Crippen molar-refractivity contribution in [2.24, 2.45) is 5.73 Å². The number of piperazine rings is 1. The SMILES string of the molecule is C#CCOCCOCCOCCOCCN1CCN(CCC(=O)NCCCc2nnc(C)n2C2CC3CCC2N3CC[C@H](N)c2ccccc2)CC1. The molecule has 1 aromatic heterocycles. The molecule has 288 valence electrons. The third-order valence-electron chi connectivity index (χ3n) is 10.7. The molecular formula is C39H62N8O5. The number of carbonyl (C=O) groups excluding carboxylic acids is 1. The average Bonchev–Trinajstić information content (AvgIpc) is 3.85. The van der Waals surface area contributed by atoms with Gasteiger partial charge in [0.05, 0.1) is 52.3 Å². The lowest BCUT2D eigenvalue weighted by atomic mass is 9.95. The maximum atomic E-state index is 12.7. The van der Waals surface area contributed by atoms with Crippen LogP contribution in [0.5, 0.6) is 0 Å². The van der Waals surface area contributed by atoms with E-state index in [1.54, 1.807) is 0 Å². The van der Waals surface area contributed by atoms with Gasteiger partial charge < -0.3 is 39.5 Å². The molecule has 4 atom stereocenters. The maximum Gasteiger partial charge on any atom is 0.221 e. The summed E-state index contributed by atoms with van der Waals surface area (Å²) in [5.74, 6) is 4.58. The van der Waals surface area contributed by atoms with Gasteiger partial charge in [-0.2, -0.15) is 0 Å². The number of ether oxygens (including phenoxy) is 4. The van der Waals surface area contributed by atoms with Crippen LogP contribution in [0.2, 0.25) is 0 Å². The fourth-order valence-electron chi connectivity index (χ4n) is 7.91. The molecule has 0 aliphatic carbocycles. The molecule has 2 aromatic rings. The van der Waals surface area contributed by atoms with Gasteiger partial charge in [-0.25, -0.2) is 0 Å². The van der Waals surface area contributed by atoms with E-state index in [0.717, 1.165) is 83.1 Å². The molecular weight excluding hydrogens is 660 g/mol. The van der Waals surface area contributed by atoms with Crippen LogP contribution in [0.25, 0.3) is 0 Å². The van der Waals surface area contributed by atoms with Crippen LogP contribution >= 0.6 is 0 Å². The highest BCUT2D eigenvalue weighted by Gasteiger charge is 2.47. The standard InChI is InChI=1S/C39H62N8O5/c1-3-23-49-25-27-51-29-30-52-28-26-50-24-22-45-20-18-44(19-21-45)16-14-39(48)41-15-7-10-38-43-42-32(2)47(38)37-31-34-11-12-36(37)46(34)17-13-35(40)33-8-5-4-6-9-33/h1,4-6,8-9,34-37H,7,10-31,40H2,2H3,(H,41,48)/t34?,35-,36?,37?/m0/s1. The van der Waals surface area contributed by atoms with Crippen molar-refractivity contribution >= 4 is 5.91 Å². The van der Waals surface area contributed by atoms with Crippen LogP contribution < -0.4 is 11.1 Å². The van der Waals surface area contributed by atoms with Crippen molar-refractivity contribution in [3.05, 3.63) is 47.5 Å². The van der Waals surface area contributed by atoms with Crippen molar-refractivity contribution in [3.8, 4) is 12.3 Å². The predicted octanol–water partition coefficient (Wildman–Crippen LogP) is 2.21. The lowest BCUT2D eigenvalue weighted by Gasteiger charge is -2.34. The van der Waals surface area contributed by atoms with Crippen molar-refractivity contribution in [1.29, 1.82) is 0 Å². The maximum absolute atomic E-state index is 12.7. The molecule has 13 heteroatoms. The molecule has 0 radical (unpaired) electrons. The van der Waals surface area contributed by atoms with Crippen molar-refractivity contribution < 1.29 is 23.7 Å². The number of hydrogen-bond donors (Lipinski definition) is 2. The Morgan fingerprint density at radius 2 is 1.58 bits per heavy atom. The van der Waals surface area contributed by atoms with Crippen LogP contribution in [0.4, 0.5) is 0 Å². The molecule has 1 aromatic carbocycles. The third-order valence-corrected chi connectivity index (χ3v) is 10.7. The quantitative estimate of drug-likeness (QED) is 0.116. The Labute approximate surface area is 310 Å². The Morgan fingerprint density at radius 1 is 0.904 bits per heavy atom. The van der Waals surface area contributed by atoms with E-state index in [1.807, 2.05) is 6.07 Å². The van der Waals surface area contributed by atoms with Crippen molar-refractivity contribution in [2.75, 3.05) is 105 Å². The van der Waals surface area contributed by atoms with E-state index in [-0.39, 0.29) is 11.9 Å². The number of rotatable bonds is 25. The van der Waals surface area contributed by atoms with Gasteiger partial charge in [0.25, 0.3) is 0 Å². The van der Waals surface area contributed by atoms with Gasteiger partial charge in [0.15, 0.2) is 0 Å². The number of hydrogen-bond acceptors (Lipinski definition) is 11. The highest BCUT2D eigenvalue weighted by Crippen LogP contribution is 2.45. The summed E-state index contributed by atoms with van der Waals surface area (Å²) >= 11 is 0. The first-order chi connectivity index (χ1) is 25.5. The van der Waals surface area contributed by atoms with Crippen LogP contribution in [0.15, 0.2) is 30.3 Å². The zero-order valence-corrected chi connectivity index (χ0v) is 31.3. The largest absolute Gasteiger partial charge is 0.378 e. The molecule has 2 bridgehead atoms. The number of nitrogens with zero attached hydrogens (tertiary/aromatic N) is 6. The molecule has 3 N–H and O–H groups in total. The summed E-state index contributed by atoms with van der Waals surface area (Å²) in [7, 11) is 0. The second-order valence-electron chi connectivity index (χ2n) is 14.2. The minimum absolute atomic E-state index is 0.0650. The molecule has 3 fully saturated rings. The van der Waals surface area contributed by atoms with Gasteiger partial charge in [-0.1, -0.05) is 36.3 Å². The molecule has 0 spiro atoms. The van der Waals surface area contributed by atoms with Crippen LogP contribution in [0.3, 0.4) is 0 Å². The van der Waals surface area contributed by atoms with E-state index >= 15 is 0 Å². The van der Waals surface area contributed by atoms with Gasteiger partial charge in [0.2, 0.25) is 5.91 Å². The third kappa shape index (κ3) is 12.6. The van der Waals surface area contributed by atoms with E-state index < -0.39 is 0 Å². The zero-order valence-electron chi connectivity index (χ0n) is 31.3. The van der Waals surface area contributed by atoms with E-state index in [2.05, 4.69) is 71.9 Å². The van der Waals surface area contributed by atoms with Gasteiger partial charge in [-0.05, 0) is 44.6 Å². The summed E-state index contributed by atoms with van der Waals surface area (Å²) in [5, 5.41) is 12.2. The summed E-state index contributed by atoms with van der Waals surface area (Å²) in [4.78, 5) is 20.2. The molecule has 5 rings (SSSR count). The Kier molecular flexibility index (Phi) is 17.3. The zero-order chi connectivity index (χ0) is 36.4. The molecule has 13 nitrogen and oxygen atoms in total. The van der Waals surface area contributed by atoms with Crippen molar-refractivity contribution in [3.63, 3.8) is 0 Å². The minimum atomic E-state index is 0.0650. The number of nitrogens with two attached hydrogens (primary N) is 1. The van der Waals surface area contributed by atoms with Crippen LogP contribution in [-0.4, -0.2) is 153 Å². The summed E-state index contributed by atoms with van der Waals surface area (Å²) in [6, 6.07) is 12.0. The number of nitrogens with one attached hydrogen (secondary N) is 1. The van der Waals surface area contributed by atoms with Crippen molar-refractivity contribution in [2.45, 2.75) is 76.0 Å². The van der Waals surface area contributed by atoms with Crippen LogP contribution in [0, 0.1) is 19.3 Å². The van der Waals surface area contributed by atoms with Gasteiger partial charge in [-0.3, -0.25) is 14.6 Å². The van der Waals surface area contributed by atoms with Crippen molar-refractivity contribution in [1.82, 2.24) is 34.8 Å². The summed E-state index contributed by atoms with van der Waals surface area (Å²) in [6.07, 6.45) is 11.9. The second kappa shape index (κ2) is 22.3. The fourth-order valence-corrected chi connectivity index (χ4v) is 7.91. The first-order valence-electron chi connectivity index (χ1n) is 19.5. The van der Waals surface area contributed by atoms with E-state index in [1.165, 1.54) is 18.4 Å². The molecule has 3 aliphatic heterocycles. The Bertz CT molecular complexity index is 1350. The molecule has 3 aliphatic rings. The lowest BCUT2D eigenvalue weighted by molar-refractivity contribution is -0.121. The summed E-state index contributed by atoms with van der Waals surface area (Å²) < 4.78 is 24.2. The average molecular weight is 723 g/mol. The van der Waals surface area contributed by atoms with Gasteiger partial charge in [-0.15, -0.1) is 16.6 Å². The molecule has 4 heterocycles. The van der Waals surface area contributed by atoms with Gasteiger partial charge in [0, 0.05) is 83.3 Å². The highest BCUT2D eigenvalue weighted by atomic mass is 16.6. The molecule has 1 amide bonds. The Balaban J connectivity index is 0.886. The fraction of sp³-hybridized carbons (Fsp3) is 0.718. The monoisotopic (exact) mass is 722 g/mol. The lowest BCUT2D eigenvalue weighted by Crippen LogP contribution is -2.48. The van der Waals surface area contributed by atoms with Crippen LogP contribution in [0.1, 0.15) is 67.8 Å².